The van der Waals surface area contributed by atoms with E-state index >= 15 is 0 Å². The van der Waals surface area contributed by atoms with E-state index in [2.05, 4.69) is 17.4 Å². The third kappa shape index (κ3) is 1.70. The Hall–Kier alpha value is -0.570. The summed E-state index contributed by atoms with van der Waals surface area (Å²) in [5, 5.41) is 16.0. The number of rotatable bonds is 0. The van der Waals surface area contributed by atoms with Crippen molar-refractivity contribution in [2.75, 3.05) is 0 Å². The average molecular weight is 182 g/mol. The maximum Gasteiger partial charge on any atom is 0.0632 e. The van der Waals surface area contributed by atoms with Crippen LogP contribution in [-0.2, 0) is 0 Å². The molecule has 3 nitrogen and oxygen atoms in total. The average Bonchev–Trinajstić information content (AvgIpc) is 2.16. The zero-order valence-electron chi connectivity index (χ0n) is 8.16. The van der Waals surface area contributed by atoms with Crippen molar-refractivity contribution >= 4 is 5.71 Å². The van der Waals surface area contributed by atoms with Crippen molar-refractivity contribution in [2.24, 2.45) is 11.1 Å². The number of hydrogen-bond donors (Lipinski definition) is 2. The first-order valence-electron chi connectivity index (χ1n) is 5.28. The van der Waals surface area contributed by atoms with Crippen molar-refractivity contribution in [3.63, 3.8) is 0 Å². The summed E-state index contributed by atoms with van der Waals surface area (Å²) in [7, 11) is 0. The molecule has 0 amide bonds. The monoisotopic (exact) mass is 182 g/mol. The molecule has 1 heterocycles. The first-order valence-corrected chi connectivity index (χ1v) is 5.28. The second kappa shape index (κ2) is 3.66. The molecule has 0 unspecified atom stereocenters. The Morgan fingerprint density at radius 3 is 2.92 bits per heavy atom. The molecule has 0 aromatic rings. The molecular weight excluding hydrogens is 164 g/mol. The summed E-state index contributed by atoms with van der Waals surface area (Å²) in [5.74, 6) is 0.509. The van der Waals surface area contributed by atoms with Gasteiger partial charge in [0.05, 0.1) is 5.71 Å². The van der Waals surface area contributed by atoms with Gasteiger partial charge in [-0.15, -0.1) is 0 Å². The molecule has 1 aliphatic carbocycles. The first-order chi connectivity index (χ1) is 6.31. The zero-order valence-corrected chi connectivity index (χ0v) is 8.16. The number of hydrogen-bond acceptors (Lipinski definition) is 3. The van der Waals surface area contributed by atoms with Gasteiger partial charge in [0, 0.05) is 24.4 Å². The van der Waals surface area contributed by atoms with Crippen LogP contribution in [0, 0.1) is 5.92 Å². The molecule has 3 heteroatoms. The van der Waals surface area contributed by atoms with Gasteiger partial charge in [-0.2, -0.15) is 0 Å². The second-order valence-corrected chi connectivity index (χ2v) is 4.36. The predicted octanol–water partition coefficient (Wildman–Crippen LogP) is 1.76. The Kier molecular flexibility index (Phi) is 2.54. The van der Waals surface area contributed by atoms with Crippen LogP contribution in [0.1, 0.15) is 39.0 Å². The van der Waals surface area contributed by atoms with Crippen LogP contribution in [0.3, 0.4) is 0 Å². The summed E-state index contributed by atoms with van der Waals surface area (Å²) in [5.41, 5.74) is 1.02. The van der Waals surface area contributed by atoms with E-state index in [-0.39, 0.29) is 0 Å². The molecule has 3 atom stereocenters. The summed E-state index contributed by atoms with van der Waals surface area (Å²) in [6.45, 7) is 2.16. The maximum absolute atomic E-state index is 8.91. The van der Waals surface area contributed by atoms with Gasteiger partial charge in [0.15, 0.2) is 0 Å². The van der Waals surface area contributed by atoms with E-state index in [0.717, 1.165) is 12.1 Å². The zero-order chi connectivity index (χ0) is 9.26. The van der Waals surface area contributed by atoms with Crippen LogP contribution in [0.4, 0.5) is 0 Å². The van der Waals surface area contributed by atoms with Crippen molar-refractivity contribution in [3.05, 3.63) is 0 Å². The van der Waals surface area contributed by atoms with E-state index in [4.69, 9.17) is 5.21 Å². The van der Waals surface area contributed by atoms with Gasteiger partial charge in [-0.1, -0.05) is 18.0 Å². The van der Waals surface area contributed by atoms with Crippen molar-refractivity contribution < 1.29 is 5.21 Å². The van der Waals surface area contributed by atoms with E-state index in [1.165, 1.54) is 25.7 Å². The van der Waals surface area contributed by atoms with Gasteiger partial charge in [0.2, 0.25) is 0 Å². The highest BCUT2D eigenvalue weighted by Gasteiger charge is 2.34. The van der Waals surface area contributed by atoms with Gasteiger partial charge in [-0.25, -0.2) is 0 Å². The lowest BCUT2D eigenvalue weighted by Gasteiger charge is -2.39. The molecule has 2 rings (SSSR count). The van der Waals surface area contributed by atoms with Crippen LogP contribution in [0.25, 0.3) is 0 Å². The lowest BCUT2D eigenvalue weighted by atomic mass is 9.77. The SMILES string of the molecule is C[C@H]1C/C(=N/O)[C@H]2CCCC[C@@H]2N1. The van der Waals surface area contributed by atoms with E-state index in [1.54, 1.807) is 0 Å². The molecule has 1 saturated carbocycles. The fourth-order valence-corrected chi connectivity index (χ4v) is 2.73. The Labute approximate surface area is 79.2 Å². The van der Waals surface area contributed by atoms with Gasteiger partial charge in [-0.3, -0.25) is 0 Å². The molecule has 0 radical (unpaired) electrons. The second-order valence-electron chi connectivity index (χ2n) is 4.36. The van der Waals surface area contributed by atoms with Crippen LogP contribution in [-0.4, -0.2) is 23.0 Å². The minimum atomic E-state index is 0.477. The maximum atomic E-state index is 8.91. The van der Waals surface area contributed by atoms with Crippen LogP contribution in [0.15, 0.2) is 5.16 Å². The molecule has 1 aliphatic heterocycles. The minimum Gasteiger partial charge on any atom is -0.411 e. The van der Waals surface area contributed by atoms with Gasteiger partial charge < -0.3 is 10.5 Å². The molecule has 2 fully saturated rings. The summed E-state index contributed by atoms with van der Waals surface area (Å²) >= 11 is 0. The van der Waals surface area contributed by atoms with E-state index in [0.29, 0.717) is 18.0 Å². The molecule has 1 saturated heterocycles. The van der Waals surface area contributed by atoms with Crippen molar-refractivity contribution in [3.8, 4) is 0 Å². The Bertz CT molecular complexity index is 215. The van der Waals surface area contributed by atoms with E-state index in [1.807, 2.05) is 0 Å². The predicted molar refractivity (Wildman–Crippen MR) is 52.2 cm³/mol. The van der Waals surface area contributed by atoms with E-state index < -0.39 is 0 Å². The topological polar surface area (TPSA) is 44.6 Å². The Morgan fingerprint density at radius 2 is 2.15 bits per heavy atom. The minimum absolute atomic E-state index is 0.477. The number of fused-ring (bicyclic) bond motifs is 1. The Morgan fingerprint density at radius 1 is 1.38 bits per heavy atom. The van der Waals surface area contributed by atoms with Gasteiger partial charge in [0.1, 0.15) is 0 Å². The summed E-state index contributed by atoms with van der Waals surface area (Å²) < 4.78 is 0. The Balaban J connectivity index is 2.12. The van der Waals surface area contributed by atoms with Gasteiger partial charge in [0.25, 0.3) is 0 Å². The van der Waals surface area contributed by atoms with Gasteiger partial charge in [-0.05, 0) is 19.8 Å². The summed E-state index contributed by atoms with van der Waals surface area (Å²) in [4.78, 5) is 0. The third-order valence-corrected chi connectivity index (χ3v) is 3.34. The smallest absolute Gasteiger partial charge is 0.0632 e. The molecule has 2 aliphatic rings. The molecular formula is C10H18N2O. The number of nitrogens with zero attached hydrogens (tertiary/aromatic N) is 1. The van der Waals surface area contributed by atoms with Crippen LogP contribution in [0.5, 0.6) is 0 Å². The number of piperidine rings is 1. The van der Waals surface area contributed by atoms with Gasteiger partial charge >= 0.3 is 0 Å². The lowest BCUT2D eigenvalue weighted by molar-refractivity contribution is 0.253. The molecule has 0 spiro atoms. The van der Waals surface area contributed by atoms with Crippen LogP contribution in [0.2, 0.25) is 0 Å². The molecule has 0 bridgehead atoms. The highest BCUT2D eigenvalue weighted by Crippen LogP contribution is 2.30. The molecule has 74 valence electrons. The molecule has 13 heavy (non-hydrogen) atoms. The number of nitrogens with one attached hydrogen (secondary N) is 1. The normalized spacial score (nSPS) is 43.2. The molecule has 0 aromatic carbocycles. The molecule has 0 aromatic heterocycles. The first kappa shape index (κ1) is 9.00. The fourth-order valence-electron chi connectivity index (χ4n) is 2.73. The fraction of sp³-hybridized carbons (Fsp3) is 0.900. The van der Waals surface area contributed by atoms with Crippen molar-refractivity contribution in [1.82, 2.24) is 5.32 Å². The highest BCUT2D eigenvalue weighted by atomic mass is 16.4. The van der Waals surface area contributed by atoms with Crippen molar-refractivity contribution in [2.45, 2.75) is 51.1 Å². The van der Waals surface area contributed by atoms with Crippen LogP contribution < -0.4 is 5.32 Å². The van der Waals surface area contributed by atoms with Crippen molar-refractivity contribution in [1.29, 1.82) is 0 Å². The number of oxime groups is 1. The highest BCUT2D eigenvalue weighted by molar-refractivity contribution is 5.88. The largest absolute Gasteiger partial charge is 0.411 e. The standard InChI is InChI=1S/C10H18N2O/c1-7-6-10(12-13)8-4-2-3-5-9(8)11-7/h7-9,11,13H,2-6H2,1H3/b12-10-/t7-,8-,9-/m0/s1. The summed E-state index contributed by atoms with van der Waals surface area (Å²) in [6.07, 6.45) is 5.96. The van der Waals surface area contributed by atoms with E-state index in [9.17, 15) is 0 Å². The molecule has 2 N–H and O–H groups in total. The van der Waals surface area contributed by atoms with Crippen LogP contribution >= 0.6 is 0 Å². The summed E-state index contributed by atoms with van der Waals surface area (Å²) in [6, 6.07) is 1.05. The quantitative estimate of drug-likeness (QED) is 0.443. The lowest BCUT2D eigenvalue weighted by Crippen LogP contribution is -2.52. The third-order valence-electron chi connectivity index (χ3n) is 3.34.